The van der Waals surface area contributed by atoms with Crippen LogP contribution in [0.4, 0.5) is 0 Å². The predicted molar refractivity (Wildman–Crippen MR) is 104 cm³/mol. The van der Waals surface area contributed by atoms with Crippen molar-refractivity contribution >= 4 is 28.0 Å². The van der Waals surface area contributed by atoms with E-state index in [4.69, 9.17) is 0 Å². The third-order valence-corrected chi connectivity index (χ3v) is 10.8. The van der Waals surface area contributed by atoms with Crippen LogP contribution in [0.2, 0.25) is 0 Å². The molecule has 1 fully saturated rings. The molecule has 23 heavy (non-hydrogen) atoms. The van der Waals surface area contributed by atoms with Gasteiger partial charge < -0.3 is 0 Å². The summed E-state index contributed by atoms with van der Waals surface area (Å²) in [5.41, 5.74) is 6.75. The second kappa shape index (κ2) is 8.59. The largest absolute Gasteiger partial charge is 0.147 e. The summed E-state index contributed by atoms with van der Waals surface area (Å²) in [7, 11) is 0. The van der Waals surface area contributed by atoms with Crippen molar-refractivity contribution in [3.05, 3.63) is 43.8 Å². The molecule has 3 aliphatic carbocycles. The molecule has 0 aromatic rings. The normalized spacial score (nSPS) is 26.8. The average Bonchev–Trinajstić information content (AvgIpc) is 3.09. The van der Waals surface area contributed by atoms with Crippen LogP contribution >= 0.6 is 24.8 Å². The Kier molecular flexibility index (Phi) is 7.97. The van der Waals surface area contributed by atoms with Gasteiger partial charge in [0.2, 0.25) is 0 Å². The Balaban J connectivity index is 0.00000132. The zero-order valence-corrected chi connectivity index (χ0v) is 18.9. The molecule has 0 aromatic heterocycles. The van der Waals surface area contributed by atoms with E-state index in [-0.39, 0.29) is 30.2 Å². The summed E-state index contributed by atoms with van der Waals surface area (Å²) in [6.45, 7) is 9.65. The Morgan fingerprint density at radius 3 is 2.17 bits per heavy atom. The molecule has 0 radical (unpaired) electrons. The maximum atomic E-state index is 2.51. The minimum atomic E-state index is -0.549. The van der Waals surface area contributed by atoms with Crippen molar-refractivity contribution in [1.29, 1.82) is 0 Å². The second-order valence-corrected chi connectivity index (χ2v) is 10.6. The molecule has 3 rings (SSSR count). The number of hydrogen-bond donors (Lipinski definition) is 0. The van der Waals surface area contributed by atoms with Crippen LogP contribution in [0, 0.1) is 5.41 Å². The molecule has 0 nitrogen and oxygen atoms in total. The van der Waals surface area contributed by atoms with Crippen molar-refractivity contribution < 1.29 is 22.8 Å². The first-order valence-corrected chi connectivity index (χ1v) is 10.9. The number of halogens is 2. The van der Waals surface area contributed by atoms with E-state index in [0.717, 1.165) is 6.42 Å². The van der Waals surface area contributed by atoms with Gasteiger partial charge in [0.1, 0.15) is 0 Å². The molecule has 1 unspecified atom stereocenters. The van der Waals surface area contributed by atoms with Gasteiger partial charge in [0.05, 0.1) is 0 Å². The molecule has 0 N–H and O–H groups in total. The Morgan fingerprint density at radius 1 is 0.957 bits per heavy atom. The van der Waals surface area contributed by atoms with Gasteiger partial charge in [-0.2, -0.15) is 0 Å². The van der Waals surface area contributed by atoms with Gasteiger partial charge in [0.15, 0.2) is 0 Å². The molecule has 127 valence electrons. The minimum absolute atomic E-state index is 0. The summed E-state index contributed by atoms with van der Waals surface area (Å²) in [4.78, 5) is 0. The molecule has 3 aliphatic rings. The van der Waals surface area contributed by atoms with E-state index in [1.54, 1.807) is 22.3 Å². The van der Waals surface area contributed by atoms with E-state index < -0.39 is 22.8 Å². The van der Waals surface area contributed by atoms with E-state index >= 15 is 0 Å². The number of rotatable bonds is 2. The monoisotopic (exact) mass is 429 g/mol. The molecule has 0 aromatic carbocycles. The van der Waals surface area contributed by atoms with Gasteiger partial charge in [-0.15, -0.1) is 24.8 Å². The zero-order chi connectivity index (χ0) is 15.0. The van der Waals surface area contributed by atoms with Gasteiger partial charge in [-0.25, -0.2) is 0 Å². The van der Waals surface area contributed by atoms with Crippen molar-refractivity contribution in [2.24, 2.45) is 5.41 Å². The van der Waals surface area contributed by atoms with Crippen molar-refractivity contribution in [2.45, 2.75) is 66.2 Å². The van der Waals surface area contributed by atoms with E-state index in [2.05, 4.69) is 45.9 Å². The van der Waals surface area contributed by atoms with Crippen molar-refractivity contribution in [3.8, 4) is 0 Å². The summed E-state index contributed by atoms with van der Waals surface area (Å²) in [6, 6.07) is 0. The Labute approximate surface area is 165 Å². The Morgan fingerprint density at radius 2 is 1.61 bits per heavy atom. The predicted octanol–water partition coefficient (Wildman–Crippen LogP) is 6.57. The topological polar surface area (TPSA) is 0 Å². The molecule has 0 heterocycles. The maximum Gasteiger partial charge on any atom is -0.147 e. The third-order valence-electron chi connectivity index (χ3n) is 5.92. The molecule has 1 saturated carbocycles. The summed E-state index contributed by atoms with van der Waals surface area (Å²) >= 11 is -0.549. The van der Waals surface area contributed by atoms with Crippen LogP contribution < -0.4 is 0 Å². The first-order chi connectivity index (χ1) is 10.0. The van der Waals surface area contributed by atoms with E-state index in [1.165, 1.54) is 32.1 Å². The minimum Gasteiger partial charge on any atom is -0.147 e. The van der Waals surface area contributed by atoms with E-state index in [0.29, 0.717) is 0 Å². The van der Waals surface area contributed by atoms with Gasteiger partial charge in [-0.05, 0) is 0 Å². The number of hydrogen-bond acceptors (Lipinski definition) is 0. The van der Waals surface area contributed by atoms with Gasteiger partial charge >= 0.3 is 141 Å². The van der Waals surface area contributed by atoms with Crippen LogP contribution in [-0.4, -0.2) is 3.21 Å². The summed E-state index contributed by atoms with van der Waals surface area (Å²) in [5.74, 6) is 0. The molecule has 3 heteroatoms. The first-order valence-electron chi connectivity index (χ1n) is 8.42. The average molecular weight is 432 g/mol. The van der Waals surface area contributed by atoms with Crippen LogP contribution in [0.25, 0.3) is 0 Å². The molecule has 0 bridgehead atoms. The number of allylic oxidation sites excluding steroid dienone is 8. The van der Waals surface area contributed by atoms with Crippen molar-refractivity contribution in [3.63, 3.8) is 0 Å². The molecular formula is C20H29Cl2Zr. The fraction of sp³-hybridized carbons (Fsp3) is 0.550. The standard InChI is InChI=1S/C14H17.C6H10.2ClH.Zr/c1-10-9-14(4,12(3)11(10)2)13-7-5-6-8-13;1-2-4-6-5-3-1;;;/h5-7H,8H2,1-4H3;1-5H2;2*1H;. The zero-order valence-electron chi connectivity index (χ0n) is 14.8. The fourth-order valence-electron chi connectivity index (χ4n) is 4.12. The van der Waals surface area contributed by atoms with Crippen LogP contribution in [0.15, 0.2) is 43.8 Å². The molecular weight excluding hydrogens is 402 g/mol. The molecule has 0 amide bonds. The van der Waals surface area contributed by atoms with Crippen molar-refractivity contribution in [1.82, 2.24) is 0 Å². The quantitative estimate of drug-likeness (QED) is 0.464. The van der Waals surface area contributed by atoms with E-state index in [9.17, 15) is 0 Å². The summed E-state index contributed by atoms with van der Waals surface area (Å²) in [5, 5.41) is 0. The van der Waals surface area contributed by atoms with Gasteiger partial charge in [0, 0.05) is 0 Å². The van der Waals surface area contributed by atoms with Crippen LogP contribution in [0.5, 0.6) is 0 Å². The molecule has 1 atom stereocenters. The molecule has 0 saturated heterocycles. The van der Waals surface area contributed by atoms with E-state index in [1.807, 2.05) is 6.49 Å². The summed E-state index contributed by atoms with van der Waals surface area (Å²) < 4.78 is 3.84. The van der Waals surface area contributed by atoms with Gasteiger partial charge in [0.25, 0.3) is 0 Å². The SMILES string of the molecule is CC1=C(C)C(C)(C2=CC=CC2)[C]([Zr]=[C]2CCCCC2)=C1C.Cl.Cl. The first kappa shape index (κ1) is 21.3. The second-order valence-electron chi connectivity index (χ2n) is 6.99. The van der Waals surface area contributed by atoms with Crippen LogP contribution in [0.3, 0.4) is 0 Å². The maximum absolute atomic E-state index is 2.51. The smallest absolute Gasteiger partial charge is 0.147 e. The summed E-state index contributed by atoms with van der Waals surface area (Å²) in [6.07, 6.45) is 15.4. The van der Waals surface area contributed by atoms with Crippen LogP contribution in [0.1, 0.15) is 66.2 Å². The van der Waals surface area contributed by atoms with Crippen LogP contribution in [-0.2, 0) is 22.8 Å². The molecule has 0 aliphatic heterocycles. The fourth-order valence-corrected chi connectivity index (χ4v) is 8.87. The van der Waals surface area contributed by atoms with Gasteiger partial charge in [-0.3, -0.25) is 0 Å². The third kappa shape index (κ3) is 3.78. The Hall–Kier alpha value is 0.293. The van der Waals surface area contributed by atoms with Crippen molar-refractivity contribution in [2.75, 3.05) is 0 Å². The molecule has 0 spiro atoms. The Bertz CT molecular complexity index is 612. The van der Waals surface area contributed by atoms with Gasteiger partial charge in [-0.1, -0.05) is 0 Å².